The van der Waals surface area contributed by atoms with E-state index in [1.54, 1.807) is 11.3 Å². The van der Waals surface area contributed by atoms with Crippen LogP contribution >= 0.6 is 11.3 Å². The van der Waals surface area contributed by atoms with Gasteiger partial charge >= 0.3 is 0 Å². The second kappa shape index (κ2) is 5.05. The normalized spacial score (nSPS) is 11.1. The topological polar surface area (TPSA) is 63.8 Å². The first kappa shape index (κ1) is 13.9. The fourth-order valence-electron chi connectivity index (χ4n) is 2.35. The third-order valence-electron chi connectivity index (χ3n) is 3.47. The molecule has 0 amide bonds. The molecule has 0 aliphatic rings. The Kier molecular flexibility index (Phi) is 3.35. The summed E-state index contributed by atoms with van der Waals surface area (Å²) in [4.78, 5) is 11.0. The average molecular weight is 302 g/mol. The number of benzene rings is 1. The summed E-state index contributed by atoms with van der Waals surface area (Å²) in [5.41, 5.74) is 5.22. The summed E-state index contributed by atoms with van der Waals surface area (Å²) in [6.45, 7) is 5.89. The minimum atomic E-state index is -0.297. The van der Waals surface area contributed by atoms with Crippen molar-refractivity contribution in [1.82, 2.24) is 9.97 Å². The molecule has 0 aliphatic heterocycles. The number of nitrogens with two attached hydrogens (primary N) is 1. The van der Waals surface area contributed by atoms with Gasteiger partial charge in [-0.3, -0.25) is 0 Å². The standard InChI is InChI=1S/C15H15FN4S/c1-7-4-10(6-11(16)5-7)13-18-14(20-17)12-8(2)9(3)21-15(12)19-13/h4-6H,17H2,1-3H3,(H,18,19,20). The molecule has 0 saturated heterocycles. The van der Waals surface area contributed by atoms with E-state index in [2.05, 4.69) is 15.4 Å². The highest BCUT2D eigenvalue weighted by atomic mass is 32.1. The summed E-state index contributed by atoms with van der Waals surface area (Å²) < 4.78 is 13.6. The lowest BCUT2D eigenvalue weighted by atomic mass is 10.1. The van der Waals surface area contributed by atoms with Crippen LogP contribution in [0.4, 0.5) is 10.2 Å². The summed E-state index contributed by atoms with van der Waals surface area (Å²) in [5, 5.41) is 0.928. The molecule has 0 unspecified atom stereocenters. The molecule has 21 heavy (non-hydrogen) atoms. The number of anilines is 1. The predicted octanol–water partition coefficient (Wildman–Crippen LogP) is 3.71. The monoisotopic (exact) mass is 302 g/mol. The lowest BCUT2D eigenvalue weighted by Gasteiger charge is -2.07. The van der Waals surface area contributed by atoms with E-state index in [4.69, 9.17) is 5.84 Å². The predicted molar refractivity (Wildman–Crippen MR) is 84.8 cm³/mol. The van der Waals surface area contributed by atoms with Crippen LogP contribution in [0.1, 0.15) is 16.0 Å². The molecule has 0 aliphatic carbocycles. The third kappa shape index (κ3) is 2.36. The van der Waals surface area contributed by atoms with Crippen LogP contribution in [-0.2, 0) is 0 Å². The van der Waals surface area contributed by atoms with Crippen molar-refractivity contribution in [3.8, 4) is 11.4 Å². The van der Waals surface area contributed by atoms with Crippen molar-refractivity contribution in [2.24, 2.45) is 5.84 Å². The van der Waals surface area contributed by atoms with Crippen LogP contribution in [0.5, 0.6) is 0 Å². The van der Waals surface area contributed by atoms with Gasteiger partial charge in [0.15, 0.2) is 11.6 Å². The van der Waals surface area contributed by atoms with E-state index in [9.17, 15) is 4.39 Å². The van der Waals surface area contributed by atoms with Gasteiger partial charge in [-0.25, -0.2) is 20.2 Å². The summed E-state index contributed by atoms with van der Waals surface area (Å²) in [7, 11) is 0. The number of aryl methyl sites for hydroxylation is 3. The highest BCUT2D eigenvalue weighted by Crippen LogP contribution is 2.34. The van der Waals surface area contributed by atoms with Crippen molar-refractivity contribution in [3.63, 3.8) is 0 Å². The number of rotatable bonds is 2. The van der Waals surface area contributed by atoms with Crippen molar-refractivity contribution in [2.75, 3.05) is 5.43 Å². The molecular weight excluding hydrogens is 287 g/mol. The molecule has 108 valence electrons. The largest absolute Gasteiger partial charge is 0.308 e. The van der Waals surface area contributed by atoms with Crippen LogP contribution in [0.15, 0.2) is 18.2 Å². The quantitative estimate of drug-likeness (QED) is 0.559. The molecule has 0 radical (unpaired) electrons. The van der Waals surface area contributed by atoms with Crippen molar-refractivity contribution in [2.45, 2.75) is 20.8 Å². The molecule has 0 spiro atoms. The number of nitrogens with one attached hydrogen (secondary N) is 1. The lowest BCUT2D eigenvalue weighted by Crippen LogP contribution is -2.10. The Balaban J connectivity index is 2.29. The maximum absolute atomic E-state index is 13.6. The molecule has 0 fully saturated rings. The SMILES string of the molecule is Cc1cc(F)cc(-c2nc(NN)c3c(C)c(C)sc3n2)c1. The Bertz CT molecular complexity index is 821. The van der Waals surface area contributed by atoms with E-state index in [0.29, 0.717) is 17.2 Å². The van der Waals surface area contributed by atoms with E-state index < -0.39 is 0 Å². The molecule has 3 rings (SSSR count). The van der Waals surface area contributed by atoms with E-state index in [1.165, 1.54) is 17.0 Å². The zero-order valence-corrected chi connectivity index (χ0v) is 12.8. The summed E-state index contributed by atoms with van der Waals surface area (Å²) >= 11 is 1.59. The Morgan fingerprint density at radius 1 is 1.14 bits per heavy atom. The van der Waals surface area contributed by atoms with Gasteiger partial charge in [-0.2, -0.15) is 0 Å². The van der Waals surface area contributed by atoms with Crippen LogP contribution < -0.4 is 11.3 Å². The second-order valence-corrected chi connectivity index (χ2v) is 6.22. The van der Waals surface area contributed by atoms with Gasteiger partial charge in [-0.15, -0.1) is 11.3 Å². The minimum absolute atomic E-state index is 0.297. The van der Waals surface area contributed by atoms with Crippen molar-refractivity contribution < 1.29 is 4.39 Å². The van der Waals surface area contributed by atoms with E-state index in [-0.39, 0.29) is 5.82 Å². The zero-order chi connectivity index (χ0) is 15.1. The summed E-state index contributed by atoms with van der Waals surface area (Å²) in [5.74, 6) is 6.33. The molecule has 3 aromatic rings. The molecule has 0 bridgehead atoms. The fraction of sp³-hybridized carbons (Fsp3) is 0.200. The molecule has 2 aromatic heterocycles. The highest BCUT2D eigenvalue weighted by Gasteiger charge is 2.15. The van der Waals surface area contributed by atoms with Gasteiger partial charge in [0.1, 0.15) is 10.6 Å². The van der Waals surface area contributed by atoms with Gasteiger partial charge in [0, 0.05) is 10.4 Å². The first-order valence-corrected chi connectivity index (χ1v) is 7.33. The molecule has 4 nitrogen and oxygen atoms in total. The van der Waals surface area contributed by atoms with Gasteiger partial charge in [0.25, 0.3) is 0 Å². The molecule has 0 saturated carbocycles. The fourth-order valence-corrected chi connectivity index (χ4v) is 3.38. The van der Waals surface area contributed by atoms with E-state index in [1.807, 2.05) is 26.8 Å². The Morgan fingerprint density at radius 2 is 1.90 bits per heavy atom. The molecule has 0 atom stereocenters. The van der Waals surface area contributed by atoms with Crippen LogP contribution in [0.2, 0.25) is 0 Å². The van der Waals surface area contributed by atoms with Gasteiger partial charge < -0.3 is 5.43 Å². The molecule has 1 aromatic carbocycles. The number of thiophene rings is 1. The Morgan fingerprint density at radius 3 is 2.57 bits per heavy atom. The van der Waals surface area contributed by atoms with Crippen molar-refractivity contribution >= 4 is 27.4 Å². The average Bonchev–Trinajstić information content (AvgIpc) is 2.72. The number of fused-ring (bicyclic) bond motifs is 1. The number of nitrogens with zero attached hydrogens (tertiary/aromatic N) is 2. The van der Waals surface area contributed by atoms with Crippen LogP contribution in [0.25, 0.3) is 21.6 Å². The molecular formula is C15H15FN4S. The number of halogens is 1. The first-order chi connectivity index (χ1) is 9.99. The van der Waals surface area contributed by atoms with Crippen LogP contribution in [-0.4, -0.2) is 9.97 Å². The number of aromatic nitrogens is 2. The number of nitrogen functional groups attached to an aromatic ring is 1. The third-order valence-corrected chi connectivity index (χ3v) is 4.57. The zero-order valence-electron chi connectivity index (χ0n) is 12.0. The minimum Gasteiger partial charge on any atom is -0.308 e. The maximum atomic E-state index is 13.6. The number of hydrogen-bond acceptors (Lipinski definition) is 5. The van der Waals surface area contributed by atoms with E-state index >= 15 is 0 Å². The van der Waals surface area contributed by atoms with Gasteiger partial charge in [0.05, 0.1) is 5.39 Å². The van der Waals surface area contributed by atoms with Gasteiger partial charge in [-0.1, -0.05) is 0 Å². The van der Waals surface area contributed by atoms with Gasteiger partial charge in [0.2, 0.25) is 0 Å². The molecule has 2 heterocycles. The summed E-state index contributed by atoms with van der Waals surface area (Å²) in [6.07, 6.45) is 0. The number of hydrazine groups is 1. The molecule has 3 N–H and O–H groups in total. The number of hydrogen-bond donors (Lipinski definition) is 2. The van der Waals surface area contributed by atoms with Crippen LogP contribution in [0, 0.1) is 26.6 Å². The first-order valence-electron chi connectivity index (χ1n) is 6.51. The highest BCUT2D eigenvalue weighted by molar-refractivity contribution is 7.18. The van der Waals surface area contributed by atoms with Gasteiger partial charge in [-0.05, 0) is 50.1 Å². The second-order valence-electron chi connectivity index (χ2n) is 5.02. The smallest absolute Gasteiger partial charge is 0.163 e. The van der Waals surface area contributed by atoms with E-state index in [0.717, 1.165) is 21.3 Å². The van der Waals surface area contributed by atoms with Crippen LogP contribution in [0.3, 0.4) is 0 Å². The van der Waals surface area contributed by atoms with Crippen molar-refractivity contribution in [1.29, 1.82) is 0 Å². The Labute approximate surface area is 125 Å². The lowest BCUT2D eigenvalue weighted by molar-refractivity contribution is 0.627. The molecule has 6 heteroatoms. The maximum Gasteiger partial charge on any atom is 0.163 e. The van der Waals surface area contributed by atoms with Crippen molar-refractivity contribution in [3.05, 3.63) is 40.0 Å². The Hall–Kier alpha value is -2.05. The summed E-state index contributed by atoms with van der Waals surface area (Å²) in [6, 6.07) is 4.77.